The number of para-hydroxylation sites is 1. The van der Waals surface area contributed by atoms with E-state index < -0.39 is 0 Å². The van der Waals surface area contributed by atoms with Crippen LogP contribution >= 0.6 is 0 Å². The summed E-state index contributed by atoms with van der Waals surface area (Å²) in [6.07, 6.45) is 4.22. The molecule has 1 saturated heterocycles. The van der Waals surface area contributed by atoms with Crippen molar-refractivity contribution in [2.24, 2.45) is 4.99 Å². The quantitative estimate of drug-likeness (QED) is 0.460. The Labute approximate surface area is 168 Å². The minimum atomic E-state index is 0.457. The SMILES string of the molecule is C=CCN1CCC(NC(=NC)NCc2ccccc2-n2nc(C)cc2C)CC1. The van der Waals surface area contributed by atoms with E-state index in [1.54, 1.807) is 0 Å². The molecule has 0 spiro atoms. The maximum Gasteiger partial charge on any atom is 0.191 e. The van der Waals surface area contributed by atoms with Crippen LogP contribution in [-0.2, 0) is 6.54 Å². The molecule has 0 bridgehead atoms. The van der Waals surface area contributed by atoms with Gasteiger partial charge in [0.25, 0.3) is 0 Å². The number of nitrogens with one attached hydrogen (secondary N) is 2. The van der Waals surface area contributed by atoms with Crippen molar-refractivity contribution in [3.63, 3.8) is 0 Å². The van der Waals surface area contributed by atoms with Gasteiger partial charge in [0.2, 0.25) is 0 Å². The second-order valence-corrected chi connectivity index (χ2v) is 7.40. The van der Waals surface area contributed by atoms with Gasteiger partial charge >= 0.3 is 0 Å². The molecule has 1 aromatic carbocycles. The molecule has 6 nitrogen and oxygen atoms in total. The van der Waals surface area contributed by atoms with E-state index in [0.717, 1.165) is 55.5 Å². The standard InChI is InChI=1S/C22H32N6/c1-5-12-27-13-10-20(11-14-27)25-22(23-4)24-16-19-8-6-7-9-21(19)28-18(3)15-17(2)26-28/h5-9,15,20H,1,10-14,16H2,2-4H3,(H2,23,24,25). The maximum atomic E-state index is 4.64. The van der Waals surface area contributed by atoms with Crippen LogP contribution in [0.1, 0.15) is 29.8 Å². The predicted molar refractivity (Wildman–Crippen MR) is 116 cm³/mol. The molecule has 2 N–H and O–H groups in total. The van der Waals surface area contributed by atoms with E-state index in [0.29, 0.717) is 12.6 Å². The second-order valence-electron chi connectivity index (χ2n) is 7.40. The number of benzene rings is 1. The second kappa shape index (κ2) is 9.55. The summed E-state index contributed by atoms with van der Waals surface area (Å²) in [7, 11) is 1.83. The third-order valence-corrected chi connectivity index (χ3v) is 5.22. The maximum absolute atomic E-state index is 4.64. The topological polar surface area (TPSA) is 57.5 Å². The highest BCUT2D eigenvalue weighted by molar-refractivity contribution is 5.80. The van der Waals surface area contributed by atoms with Crippen LogP contribution in [0.2, 0.25) is 0 Å². The van der Waals surface area contributed by atoms with Crippen LogP contribution < -0.4 is 10.6 Å². The number of rotatable bonds is 6. The van der Waals surface area contributed by atoms with Gasteiger partial charge in [-0.05, 0) is 44.4 Å². The van der Waals surface area contributed by atoms with Crippen LogP contribution in [0, 0.1) is 13.8 Å². The lowest BCUT2D eigenvalue weighted by atomic mass is 10.1. The highest BCUT2D eigenvalue weighted by atomic mass is 15.3. The van der Waals surface area contributed by atoms with E-state index in [9.17, 15) is 0 Å². The molecule has 1 aromatic heterocycles. The molecule has 0 unspecified atom stereocenters. The third kappa shape index (κ3) is 5.01. The molecule has 1 aliphatic rings. The normalized spacial score (nSPS) is 16.2. The van der Waals surface area contributed by atoms with Gasteiger partial charge in [-0.2, -0.15) is 5.10 Å². The van der Waals surface area contributed by atoms with E-state index in [4.69, 9.17) is 0 Å². The zero-order valence-electron chi connectivity index (χ0n) is 17.3. The summed E-state index contributed by atoms with van der Waals surface area (Å²) in [6.45, 7) is 11.8. The molecule has 0 aliphatic carbocycles. The van der Waals surface area contributed by atoms with Crippen molar-refractivity contribution >= 4 is 5.96 Å². The monoisotopic (exact) mass is 380 g/mol. The van der Waals surface area contributed by atoms with Gasteiger partial charge in [0.15, 0.2) is 5.96 Å². The number of guanidine groups is 1. The zero-order chi connectivity index (χ0) is 19.9. The van der Waals surface area contributed by atoms with Crippen LogP contribution in [0.5, 0.6) is 0 Å². The molecule has 3 rings (SSSR count). The molecular formula is C22H32N6. The summed E-state index contributed by atoms with van der Waals surface area (Å²) in [5.74, 6) is 0.852. The molecule has 0 saturated carbocycles. The van der Waals surface area contributed by atoms with Gasteiger partial charge in [0.05, 0.1) is 11.4 Å². The first-order valence-corrected chi connectivity index (χ1v) is 10.0. The van der Waals surface area contributed by atoms with Crippen LogP contribution in [0.3, 0.4) is 0 Å². The number of nitrogens with zero attached hydrogens (tertiary/aromatic N) is 4. The van der Waals surface area contributed by atoms with Gasteiger partial charge in [-0.3, -0.25) is 9.89 Å². The number of likely N-dealkylation sites (tertiary alicyclic amines) is 1. The fraction of sp³-hybridized carbons (Fsp3) is 0.455. The zero-order valence-corrected chi connectivity index (χ0v) is 17.3. The molecule has 1 aliphatic heterocycles. The first-order chi connectivity index (χ1) is 13.6. The van der Waals surface area contributed by atoms with Crippen molar-refractivity contribution in [3.05, 3.63) is 59.9 Å². The molecular weight excluding hydrogens is 348 g/mol. The van der Waals surface area contributed by atoms with E-state index in [1.165, 1.54) is 5.56 Å². The van der Waals surface area contributed by atoms with Crippen molar-refractivity contribution in [1.82, 2.24) is 25.3 Å². The van der Waals surface area contributed by atoms with E-state index in [-0.39, 0.29) is 0 Å². The molecule has 0 atom stereocenters. The Morgan fingerprint density at radius 2 is 2.04 bits per heavy atom. The van der Waals surface area contributed by atoms with Crippen molar-refractivity contribution < 1.29 is 0 Å². The Morgan fingerprint density at radius 1 is 1.29 bits per heavy atom. The van der Waals surface area contributed by atoms with Crippen LogP contribution in [0.4, 0.5) is 0 Å². The highest BCUT2D eigenvalue weighted by Crippen LogP contribution is 2.17. The number of piperidine rings is 1. The van der Waals surface area contributed by atoms with Gasteiger partial charge in [-0.25, -0.2) is 4.68 Å². The first kappa shape index (κ1) is 20.1. The van der Waals surface area contributed by atoms with Crippen molar-refractivity contribution in [3.8, 4) is 5.69 Å². The highest BCUT2D eigenvalue weighted by Gasteiger charge is 2.19. The van der Waals surface area contributed by atoms with E-state index in [1.807, 2.05) is 24.7 Å². The van der Waals surface area contributed by atoms with Gasteiger partial charge < -0.3 is 10.6 Å². The summed E-state index contributed by atoms with van der Waals surface area (Å²) in [6, 6.07) is 10.9. The summed E-state index contributed by atoms with van der Waals surface area (Å²) in [5, 5.41) is 11.7. The number of aliphatic imine (C=N–C) groups is 1. The minimum absolute atomic E-state index is 0.457. The van der Waals surface area contributed by atoms with Gasteiger partial charge in [-0.1, -0.05) is 24.3 Å². The van der Waals surface area contributed by atoms with E-state index in [2.05, 4.69) is 69.5 Å². The fourth-order valence-electron chi connectivity index (χ4n) is 3.75. The number of hydrogen-bond donors (Lipinski definition) is 2. The van der Waals surface area contributed by atoms with Crippen LogP contribution in [0.25, 0.3) is 5.69 Å². The van der Waals surface area contributed by atoms with Gasteiger partial charge in [-0.15, -0.1) is 6.58 Å². The minimum Gasteiger partial charge on any atom is -0.354 e. The summed E-state index contributed by atoms with van der Waals surface area (Å²) >= 11 is 0. The molecule has 2 aromatic rings. The molecule has 0 radical (unpaired) electrons. The summed E-state index contributed by atoms with van der Waals surface area (Å²) < 4.78 is 2.01. The lowest BCUT2D eigenvalue weighted by molar-refractivity contribution is 0.225. The smallest absolute Gasteiger partial charge is 0.191 e. The van der Waals surface area contributed by atoms with Crippen LogP contribution in [-0.4, -0.2) is 53.4 Å². The Kier molecular flexibility index (Phi) is 6.87. The van der Waals surface area contributed by atoms with E-state index >= 15 is 0 Å². The van der Waals surface area contributed by atoms with Crippen LogP contribution in [0.15, 0.2) is 48.0 Å². The molecule has 0 amide bonds. The molecule has 6 heteroatoms. The molecule has 150 valence electrons. The molecule has 2 heterocycles. The van der Waals surface area contributed by atoms with Crippen molar-refractivity contribution in [2.45, 2.75) is 39.3 Å². The molecule has 1 fully saturated rings. The first-order valence-electron chi connectivity index (χ1n) is 10.0. The molecule has 28 heavy (non-hydrogen) atoms. The van der Waals surface area contributed by atoms with Gasteiger partial charge in [0.1, 0.15) is 0 Å². The Hall–Kier alpha value is -2.60. The lowest BCUT2D eigenvalue weighted by Crippen LogP contribution is -2.48. The fourth-order valence-corrected chi connectivity index (χ4v) is 3.75. The average Bonchev–Trinajstić information content (AvgIpc) is 3.04. The lowest BCUT2D eigenvalue weighted by Gasteiger charge is -2.32. The number of aromatic nitrogens is 2. The Bertz CT molecular complexity index is 814. The van der Waals surface area contributed by atoms with Crippen molar-refractivity contribution in [2.75, 3.05) is 26.7 Å². The third-order valence-electron chi connectivity index (χ3n) is 5.22. The van der Waals surface area contributed by atoms with Crippen molar-refractivity contribution in [1.29, 1.82) is 0 Å². The summed E-state index contributed by atoms with van der Waals surface area (Å²) in [4.78, 5) is 6.86. The largest absolute Gasteiger partial charge is 0.354 e. The Balaban J connectivity index is 1.60. The summed E-state index contributed by atoms with van der Waals surface area (Å²) in [5.41, 5.74) is 4.46. The number of aryl methyl sites for hydroxylation is 2. The van der Waals surface area contributed by atoms with Gasteiger partial charge in [0, 0.05) is 45.0 Å². The predicted octanol–water partition coefficient (Wildman–Crippen LogP) is 2.80. The number of hydrogen-bond acceptors (Lipinski definition) is 3. The Morgan fingerprint density at radius 3 is 2.68 bits per heavy atom. The average molecular weight is 381 g/mol.